The van der Waals surface area contributed by atoms with Crippen LogP contribution in [0.2, 0.25) is 0 Å². The lowest BCUT2D eigenvalue weighted by atomic mass is 9.88. The van der Waals surface area contributed by atoms with Crippen molar-refractivity contribution < 1.29 is 27.1 Å². The Balaban J connectivity index is 2.58. The van der Waals surface area contributed by atoms with E-state index in [1.807, 2.05) is 0 Å². The molecule has 1 aromatic carbocycles. The standard InChI is InChI=1S/C14H15F4N3O2/c15-4-13(7-23-14(5-16,6-17)12(20)21-13)9-3-8(11(19)22)1-2-10(9)18/h1-3H,4-7H2,(H2,19,22)(H2,20,21). The van der Waals surface area contributed by atoms with Gasteiger partial charge in [-0.25, -0.2) is 17.6 Å². The third kappa shape index (κ3) is 2.76. The quantitative estimate of drug-likeness (QED) is 0.792. The molecule has 2 rings (SSSR count). The molecule has 1 aromatic rings. The van der Waals surface area contributed by atoms with Crippen LogP contribution >= 0.6 is 0 Å². The number of alkyl halides is 3. The van der Waals surface area contributed by atoms with Crippen molar-refractivity contribution in [3.8, 4) is 0 Å². The van der Waals surface area contributed by atoms with Crippen molar-refractivity contribution in [3.63, 3.8) is 0 Å². The summed E-state index contributed by atoms with van der Waals surface area (Å²) in [5.74, 6) is -2.34. The molecular formula is C14H15F4N3O2. The van der Waals surface area contributed by atoms with Gasteiger partial charge in [0.1, 0.15) is 37.2 Å². The van der Waals surface area contributed by atoms with Gasteiger partial charge in [-0.2, -0.15) is 0 Å². The van der Waals surface area contributed by atoms with Crippen LogP contribution < -0.4 is 11.5 Å². The third-order valence-corrected chi connectivity index (χ3v) is 3.79. The van der Waals surface area contributed by atoms with Crippen molar-refractivity contribution >= 4 is 11.7 Å². The molecular weight excluding hydrogens is 318 g/mol. The van der Waals surface area contributed by atoms with Crippen LogP contribution in [0.1, 0.15) is 15.9 Å². The van der Waals surface area contributed by atoms with Crippen molar-refractivity contribution in [1.29, 1.82) is 0 Å². The summed E-state index contributed by atoms with van der Waals surface area (Å²) in [6.07, 6.45) is 0. The molecule has 1 aliphatic rings. The van der Waals surface area contributed by atoms with E-state index in [2.05, 4.69) is 4.99 Å². The molecule has 0 fully saturated rings. The van der Waals surface area contributed by atoms with E-state index in [1.54, 1.807) is 0 Å². The van der Waals surface area contributed by atoms with Gasteiger partial charge in [-0.3, -0.25) is 9.79 Å². The van der Waals surface area contributed by atoms with Gasteiger partial charge < -0.3 is 16.2 Å². The lowest BCUT2D eigenvalue weighted by molar-refractivity contribution is -0.0644. The average molecular weight is 333 g/mol. The molecule has 126 valence electrons. The Morgan fingerprint density at radius 2 is 1.91 bits per heavy atom. The van der Waals surface area contributed by atoms with E-state index in [-0.39, 0.29) is 11.1 Å². The van der Waals surface area contributed by atoms with Gasteiger partial charge in [-0.1, -0.05) is 0 Å². The second-order valence-electron chi connectivity index (χ2n) is 5.27. The van der Waals surface area contributed by atoms with Gasteiger partial charge >= 0.3 is 0 Å². The normalized spacial score (nSPS) is 23.4. The summed E-state index contributed by atoms with van der Waals surface area (Å²) in [4.78, 5) is 15.0. The van der Waals surface area contributed by atoms with Crippen molar-refractivity contribution in [3.05, 3.63) is 35.1 Å². The van der Waals surface area contributed by atoms with E-state index < -0.39 is 55.3 Å². The van der Waals surface area contributed by atoms with E-state index in [0.29, 0.717) is 0 Å². The van der Waals surface area contributed by atoms with Crippen molar-refractivity contribution in [2.24, 2.45) is 16.5 Å². The molecule has 1 atom stereocenters. The van der Waals surface area contributed by atoms with Gasteiger partial charge in [-0.05, 0) is 18.2 Å². The smallest absolute Gasteiger partial charge is 0.248 e. The molecule has 0 saturated heterocycles. The topological polar surface area (TPSA) is 90.7 Å². The number of hydrogen-bond acceptors (Lipinski definition) is 4. The zero-order valence-electron chi connectivity index (χ0n) is 12.0. The number of primary amides is 1. The second-order valence-corrected chi connectivity index (χ2v) is 5.27. The van der Waals surface area contributed by atoms with E-state index in [0.717, 1.165) is 18.2 Å². The van der Waals surface area contributed by atoms with Crippen molar-refractivity contribution in [2.75, 3.05) is 26.6 Å². The number of rotatable bonds is 5. The molecule has 0 aromatic heterocycles. The predicted octanol–water partition coefficient (Wildman–Crippen LogP) is 1.15. The monoisotopic (exact) mass is 333 g/mol. The number of carbonyl (C=O) groups excluding carboxylic acids is 1. The molecule has 0 aliphatic carbocycles. The number of hydrogen-bond donors (Lipinski definition) is 2. The maximum absolute atomic E-state index is 14.1. The summed E-state index contributed by atoms with van der Waals surface area (Å²) in [7, 11) is 0. The Labute approximate surface area is 129 Å². The summed E-state index contributed by atoms with van der Waals surface area (Å²) in [5, 5.41) is 0. The molecule has 0 spiro atoms. The SMILES string of the molecule is NC(=O)c1ccc(F)c(C2(CF)COC(CF)(CF)C(N)=N2)c1. The first-order valence-electron chi connectivity index (χ1n) is 6.61. The molecule has 1 aliphatic heterocycles. The number of amidine groups is 1. The maximum atomic E-state index is 14.1. The maximum Gasteiger partial charge on any atom is 0.248 e. The second kappa shape index (κ2) is 6.15. The number of aliphatic imine (C=N–C) groups is 1. The minimum Gasteiger partial charge on any atom is -0.385 e. The molecule has 23 heavy (non-hydrogen) atoms. The van der Waals surface area contributed by atoms with Crippen LogP contribution in [0.5, 0.6) is 0 Å². The first-order chi connectivity index (χ1) is 10.8. The summed E-state index contributed by atoms with van der Waals surface area (Å²) in [6.45, 7) is -4.49. The number of halogens is 4. The van der Waals surface area contributed by atoms with Crippen LogP contribution in [-0.4, -0.2) is 44.0 Å². The number of nitrogens with zero attached hydrogens (tertiary/aromatic N) is 1. The van der Waals surface area contributed by atoms with Gasteiger partial charge in [0.05, 0.1) is 6.61 Å². The minimum absolute atomic E-state index is 0.0733. The van der Waals surface area contributed by atoms with Gasteiger partial charge in [0, 0.05) is 11.1 Å². The van der Waals surface area contributed by atoms with Gasteiger partial charge in [-0.15, -0.1) is 0 Å². The largest absolute Gasteiger partial charge is 0.385 e. The Hall–Kier alpha value is -2.16. The fourth-order valence-corrected chi connectivity index (χ4v) is 2.26. The Bertz CT molecular complexity index is 649. The number of carbonyl (C=O) groups is 1. The summed E-state index contributed by atoms with van der Waals surface area (Å²) < 4.78 is 58.9. The lowest BCUT2D eigenvalue weighted by Crippen LogP contribution is -2.58. The van der Waals surface area contributed by atoms with Crippen molar-refractivity contribution in [1.82, 2.24) is 0 Å². The van der Waals surface area contributed by atoms with Gasteiger partial charge in [0.2, 0.25) is 5.91 Å². The first kappa shape index (κ1) is 17.2. The highest BCUT2D eigenvalue weighted by Crippen LogP contribution is 2.36. The Morgan fingerprint density at radius 3 is 2.39 bits per heavy atom. The van der Waals surface area contributed by atoms with Crippen LogP contribution in [0.4, 0.5) is 17.6 Å². The fraction of sp³-hybridized carbons (Fsp3) is 0.429. The number of benzene rings is 1. The van der Waals surface area contributed by atoms with Gasteiger partial charge in [0.25, 0.3) is 0 Å². The first-order valence-corrected chi connectivity index (χ1v) is 6.61. The van der Waals surface area contributed by atoms with Crippen LogP contribution in [-0.2, 0) is 10.3 Å². The molecule has 1 unspecified atom stereocenters. The average Bonchev–Trinajstić information content (AvgIpc) is 2.55. The van der Waals surface area contributed by atoms with Crippen molar-refractivity contribution in [2.45, 2.75) is 11.1 Å². The highest BCUT2D eigenvalue weighted by molar-refractivity contribution is 5.93. The lowest BCUT2D eigenvalue weighted by Gasteiger charge is -2.40. The molecule has 0 saturated carbocycles. The Kier molecular flexibility index (Phi) is 4.60. The van der Waals surface area contributed by atoms with Gasteiger partial charge in [0.15, 0.2) is 5.60 Å². The predicted molar refractivity (Wildman–Crippen MR) is 74.8 cm³/mol. The zero-order chi connectivity index (χ0) is 17.3. The van der Waals surface area contributed by atoms with Crippen LogP contribution in [0.3, 0.4) is 0 Å². The molecule has 1 heterocycles. The summed E-state index contributed by atoms with van der Waals surface area (Å²) in [5.41, 5.74) is 6.21. The number of ether oxygens (including phenoxy) is 1. The van der Waals surface area contributed by atoms with E-state index in [4.69, 9.17) is 16.2 Å². The molecule has 9 heteroatoms. The van der Waals surface area contributed by atoms with Crippen LogP contribution in [0.15, 0.2) is 23.2 Å². The summed E-state index contributed by atoms with van der Waals surface area (Å²) >= 11 is 0. The fourth-order valence-electron chi connectivity index (χ4n) is 2.26. The van der Waals surface area contributed by atoms with E-state index in [9.17, 15) is 22.4 Å². The van der Waals surface area contributed by atoms with E-state index >= 15 is 0 Å². The summed E-state index contributed by atoms with van der Waals surface area (Å²) in [6, 6.07) is 3.07. The highest BCUT2D eigenvalue weighted by Gasteiger charge is 2.48. The number of nitrogens with two attached hydrogens (primary N) is 2. The highest BCUT2D eigenvalue weighted by atomic mass is 19.1. The van der Waals surface area contributed by atoms with E-state index in [1.165, 1.54) is 0 Å². The minimum atomic E-state index is -2.10. The molecule has 5 nitrogen and oxygen atoms in total. The molecule has 1 amide bonds. The van der Waals surface area contributed by atoms with Crippen LogP contribution in [0.25, 0.3) is 0 Å². The molecule has 0 bridgehead atoms. The zero-order valence-corrected chi connectivity index (χ0v) is 12.0. The molecule has 0 radical (unpaired) electrons. The molecule has 4 N–H and O–H groups in total. The van der Waals surface area contributed by atoms with Crippen LogP contribution in [0, 0.1) is 5.82 Å². The number of amides is 1. The Morgan fingerprint density at radius 1 is 1.26 bits per heavy atom. The third-order valence-electron chi connectivity index (χ3n) is 3.79.